The number of hydrogen-bond acceptors (Lipinski definition) is 2. The van der Waals surface area contributed by atoms with Crippen LogP contribution in [0.15, 0.2) is 11.8 Å². The van der Waals surface area contributed by atoms with Gasteiger partial charge in [0.1, 0.15) is 6.26 Å². The molecule has 0 saturated heterocycles. The molecule has 0 rings (SSSR count). The minimum atomic E-state index is 0.946. The van der Waals surface area contributed by atoms with Gasteiger partial charge in [-0.15, -0.1) is 0 Å². The first-order valence-electron chi connectivity index (χ1n) is 0.970. The van der Waals surface area contributed by atoms with Gasteiger partial charge in [0, 0.05) is 5.54 Å². The highest BCUT2D eigenvalue weighted by Crippen LogP contribution is 1.73. The van der Waals surface area contributed by atoms with E-state index >= 15 is 0 Å². The molecule has 0 unspecified atom stereocenters. The molecule has 2 nitrogen and oxygen atoms in total. The number of halogens is 1. The Bertz CT molecular complexity index is 34.6. The fraction of sp³-hybridized carbons (Fsp3) is 0. The van der Waals surface area contributed by atoms with Crippen LogP contribution in [-0.4, -0.2) is 5.26 Å². The first-order valence-corrected chi connectivity index (χ1v) is 1.41. The fourth-order valence-electron chi connectivity index (χ4n) is 0.0230. The van der Waals surface area contributed by atoms with E-state index in [2.05, 4.69) is 4.89 Å². The van der Waals surface area contributed by atoms with Gasteiger partial charge >= 0.3 is 0 Å². The molecule has 0 saturated carbocycles. The second kappa shape index (κ2) is 3.79. The zero-order chi connectivity index (χ0) is 4.12. The van der Waals surface area contributed by atoms with E-state index in [0.29, 0.717) is 0 Å². The summed E-state index contributed by atoms with van der Waals surface area (Å²) in [7, 11) is 0. The predicted molar refractivity (Wildman–Crippen MR) is 18.7 cm³/mol. The minimum absolute atomic E-state index is 0.946. The largest absolute Gasteiger partial charge is 0.347 e. The molecular formula is C2H3ClO2. The third kappa shape index (κ3) is 3.79. The van der Waals surface area contributed by atoms with Crippen LogP contribution in [0.25, 0.3) is 0 Å². The quantitative estimate of drug-likeness (QED) is 0.300. The zero-order valence-electron chi connectivity index (χ0n) is 2.39. The van der Waals surface area contributed by atoms with Crippen LogP contribution in [-0.2, 0) is 4.89 Å². The summed E-state index contributed by atoms with van der Waals surface area (Å²) in [5.74, 6) is 0. The zero-order valence-corrected chi connectivity index (χ0v) is 3.14. The lowest BCUT2D eigenvalue weighted by Crippen LogP contribution is -1.58. The van der Waals surface area contributed by atoms with Crippen molar-refractivity contribution in [3.8, 4) is 0 Å². The molecule has 0 aromatic heterocycles. The summed E-state index contributed by atoms with van der Waals surface area (Å²) in [6, 6.07) is 0. The molecule has 1 N–H and O–H groups in total. The van der Waals surface area contributed by atoms with Crippen molar-refractivity contribution in [3.63, 3.8) is 0 Å². The monoisotopic (exact) mass is 94.0 g/mol. The second-order valence-corrected chi connectivity index (χ2v) is 0.619. The van der Waals surface area contributed by atoms with E-state index < -0.39 is 0 Å². The Labute approximate surface area is 34.6 Å². The molecule has 0 aromatic rings. The van der Waals surface area contributed by atoms with Crippen molar-refractivity contribution in [1.29, 1.82) is 0 Å². The van der Waals surface area contributed by atoms with Crippen LogP contribution >= 0.6 is 11.6 Å². The average Bonchev–Trinajstić information content (AvgIpc) is 1.41. The predicted octanol–water partition coefficient (Wildman–Crippen LogP) is 1.19. The molecule has 3 heteroatoms. The Morgan fingerprint density at radius 3 is 2.40 bits per heavy atom. The lowest BCUT2D eigenvalue weighted by Gasteiger charge is -1.71. The molecule has 0 fully saturated rings. The first-order chi connectivity index (χ1) is 2.41. The molecule has 0 bridgehead atoms. The van der Waals surface area contributed by atoms with Gasteiger partial charge in [0.25, 0.3) is 0 Å². The SMILES string of the molecule is OO/C=C/Cl. The van der Waals surface area contributed by atoms with Gasteiger partial charge in [-0.3, -0.25) is 0 Å². The van der Waals surface area contributed by atoms with E-state index in [0.717, 1.165) is 11.8 Å². The summed E-state index contributed by atoms with van der Waals surface area (Å²) >= 11 is 4.84. The summed E-state index contributed by atoms with van der Waals surface area (Å²) in [6.07, 6.45) is 0.946. The van der Waals surface area contributed by atoms with Gasteiger partial charge in [-0.25, -0.2) is 5.26 Å². The van der Waals surface area contributed by atoms with E-state index in [1.807, 2.05) is 0 Å². The van der Waals surface area contributed by atoms with Crippen LogP contribution in [0.2, 0.25) is 0 Å². The first kappa shape index (κ1) is 4.79. The lowest BCUT2D eigenvalue weighted by atomic mass is 11.2. The van der Waals surface area contributed by atoms with Crippen LogP contribution in [0, 0.1) is 0 Å². The molecule has 5 heavy (non-hydrogen) atoms. The molecule has 0 aliphatic rings. The third-order valence-electron chi connectivity index (χ3n) is 0.112. The summed E-state index contributed by atoms with van der Waals surface area (Å²) < 4.78 is 0. The molecule has 0 atom stereocenters. The highest BCUT2D eigenvalue weighted by molar-refractivity contribution is 6.25. The van der Waals surface area contributed by atoms with Crippen LogP contribution in [0.4, 0.5) is 0 Å². The van der Waals surface area contributed by atoms with E-state index in [1.54, 1.807) is 0 Å². The van der Waals surface area contributed by atoms with Gasteiger partial charge in [-0.2, -0.15) is 0 Å². The Kier molecular flexibility index (Phi) is 3.63. The van der Waals surface area contributed by atoms with Crippen molar-refractivity contribution in [2.75, 3.05) is 0 Å². The molecule has 0 heterocycles. The fourth-order valence-corrected chi connectivity index (χ4v) is 0.0690. The van der Waals surface area contributed by atoms with Crippen LogP contribution in [0.1, 0.15) is 0 Å². The topological polar surface area (TPSA) is 29.5 Å². The van der Waals surface area contributed by atoms with E-state index in [-0.39, 0.29) is 0 Å². The van der Waals surface area contributed by atoms with Crippen molar-refractivity contribution in [1.82, 2.24) is 0 Å². The van der Waals surface area contributed by atoms with E-state index in [4.69, 9.17) is 16.9 Å². The minimum Gasteiger partial charge on any atom is -0.347 e. The second-order valence-electron chi connectivity index (χ2n) is 0.367. The van der Waals surface area contributed by atoms with Crippen LogP contribution in [0.3, 0.4) is 0 Å². The average molecular weight is 94.5 g/mol. The van der Waals surface area contributed by atoms with Crippen LogP contribution in [0.5, 0.6) is 0 Å². The molecule has 0 aromatic carbocycles. The normalized spacial score (nSPS) is 9.20. The van der Waals surface area contributed by atoms with Crippen molar-refractivity contribution >= 4 is 11.6 Å². The standard InChI is InChI=1S/C2H3ClO2/c3-1-2-5-4/h1-2,4H/b2-1+. The van der Waals surface area contributed by atoms with Crippen LogP contribution < -0.4 is 0 Å². The Morgan fingerprint density at radius 1 is 1.80 bits per heavy atom. The molecule has 0 aliphatic heterocycles. The summed E-state index contributed by atoms with van der Waals surface area (Å²) in [4.78, 5) is 3.38. The van der Waals surface area contributed by atoms with E-state index in [1.165, 1.54) is 0 Å². The smallest absolute Gasteiger partial charge is 0.140 e. The van der Waals surface area contributed by atoms with Gasteiger partial charge in [-0.1, -0.05) is 11.6 Å². The van der Waals surface area contributed by atoms with Crippen molar-refractivity contribution in [2.45, 2.75) is 0 Å². The number of hydrogen-bond donors (Lipinski definition) is 1. The highest BCUT2D eigenvalue weighted by atomic mass is 35.5. The maximum Gasteiger partial charge on any atom is 0.140 e. The van der Waals surface area contributed by atoms with Gasteiger partial charge in [0.2, 0.25) is 0 Å². The highest BCUT2D eigenvalue weighted by Gasteiger charge is 1.52. The Morgan fingerprint density at radius 2 is 2.40 bits per heavy atom. The summed E-state index contributed by atoms with van der Waals surface area (Å²) in [6.45, 7) is 0. The maximum atomic E-state index is 7.40. The number of rotatable bonds is 1. The van der Waals surface area contributed by atoms with Gasteiger partial charge in [-0.05, 0) is 0 Å². The van der Waals surface area contributed by atoms with Gasteiger partial charge < -0.3 is 4.89 Å². The van der Waals surface area contributed by atoms with Gasteiger partial charge in [0.05, 0.1) is 0 Å². The molecular weight excluding hydrogens is 91.5 g/mol. The molecule has 0 amide bonds. The molecule has 0 spiro atoms. The van der Waals surface area contributed by atoms with Crippen molar-refractivity contribution < 1.29 is 10.1 Å². The summed E-state index contributed by atoms with van der Waals surface area (Å²) in [5, 5.41) is 7.40. The molecule has 30 valence electrons. The Hall–Kier alpha value is -0.210. The van der Waals surface area contributed by atoms with Crippen molar-refractivity contribution in [3.05, 3.63) is 11.8 Å². The van der Waals surface area contributed by atoms with Crippen molar-refractivity contribution in [2.24, 2.45) is 0 Å². The third-order valence-corrected chi connectivity index (χ3v) is 0.215. The lowest BCUT2D eigenvalue weighted by molar-refractivity contribution is -0.186. The molecule has 0 aliphatic carbocycles. The molecule has 0 radical (unpaired) electrons. The van der Waals surface area contributed by atoms with E-state index in [9.17, 15) is 0 Å². The van der Waals surface area contributed by atoms with Gasteiger partial charge in [0.15, 0.2) is 0 Å². The summed E-state index contributed by atoms with van der Waals surface area (Å²) in [5.41, 5.74) is 1.06. The maximum absolute atomic E-state index is 7.40. The Balaban J connectivity index is 2.62.